The van der Waals surface area contributed by atoms with E-state index in [4.69, 9.17) is 5.73 Å². The number of nitrogens with zero attached hydrogens (tertiary/aromatic N) is 3. The molecule has 0 radical (unpaired) electrons. The molecule has 0 fully saturated rings. The molecule has 0 aliphatic carbocycles. The van der Waals surface area contributed by atoms with Crippen molar-refractivity contribution >= 4 is 18.1 Å². The van der Waals surface area contributed by atoms with Crippen molar-refractivity contribution < 1.29 is 5.11 Å². The predicted octanol–water partition coefficient (Wildman–Crippen LogP) is 3.31. The van der Waals surface area contributed by atoms with Gasteiger partial charge in [-0.3, -0.25) is 0 Å². The summed E-state index contributed by atoms with van der Waals surface area (Å²) in [4.78, 5) is 12.6. The molecule has 23 heavy (non-hydrogen) atoms. The van der Waals surface area contributed by atoms with Crippen LogP contribution in [-0.4, -0.2) is 20.1 Å². The summed E-state index contributed by atoms with van der Waals surface area (Å²) >= 11 is 0. The maximum atomic E-state index is 9.93. The minimum Gasteiger partial charge on any atom is -0.507 e. The number of anilines is 1. The number of phenols is 1. The van der Waals surface area contributed by atoms with Gasteiger partial charge >= 0.3 is 0 Å². The van der Waals surface area contributed by atoms with Gasteiger partial charge in [0.1, 0.15) is 5.75 Å². The second kappa shape index (κ2) is 6.27. The van der Waals surface area contributed by atoms with E-state index in [0.717, 1.165) is 11.1 Å². The van der Waals surface area contributed by atoms with Gasteiger partial charge in [-0.25, -0.2) is 4.98 Å². The van der Waals surface area contributed by atoms with E-state index in [1.807, 2.05) is 37.3 Å². The fourth-order valence-corrected chi connectivity index (χ4v) is 2.21. The van der Waals surface area contributed by atoms with Gasteiger partial charge in [-0.1, -0.05) is 42.5 Å². The fourth-order valence-electron chi connectivity index (χ4n) is 2.21. The van der Waals surface area contributed by atoms with E-state index in [0.29, 0.717) is 17.2 Å². The molecule has 0 saturated heterocycles. The third-order valence-electron chi connectivity index (χ3n) is 3.42. The van der Waals surface area contributed by atoms with Crippen molar-refractivity contribution in [2.24, 2.45) is 0 Å². The van der Waals surface area contributed by atoms with E-state index in [9.17, 15) is 5.11 Å². The molecule has 2 aromatic carbocycles. The number of hydrogen-bond donors (Lipinski definition) is 2. The van der Waals surface area contributed by atoms with Crippen LogP contribution in [0, 0.1) is 6.92 Å². The largest absolute Gasteiger partial charge is 0.507 e. The number of nitrogens with two attached hydrogens (primary N) is 1. The first-order chi connectivity index (χ1) is 11.1. The minimum absolute atomic E-state index is 0.104. The second-order valence-electron chi connectivity index (χ2n) is 5.08. The number of para-hydroxylation sites is 1. The smallest absolute Gasteiger partial charge is 0.224 e. The van der Waals surface area contributed by atoms with E-state index in [2.05, 4.69) is 15.0 Å². The predicted molar refractivity (Wildman–Crippen MR) is 91.4 cm³/mol. The van der Waals surface area contributed by atoms with Gasteiger partial charge in [0, 0.05) is 0 Å². The molecule has 1 aromatic heterocycles. The molecule has 5 heteroatoms. The molecule has 0 atom stereocenters. The molecule has 0 aliphatic heterocycles. The molecule has 0 aliphatic rings. The van der Waals surface area contributed by atoms with Crippen LogP contribution in [0.1, 0.15) is 17.0 Å². The maximum Gasteiger partial charge on any atom is 0.224 e. The van der Waals surface area contributed by atoms with Crippen molar-refractivity contribution in [2.45, 2.75) is 6.92 Å². The molecule has 3 aromatic rings. The first-order valence-electron chi connectivity index (χ1n) is 7.17. The Morgan fingerprint density at radius 3 is 2.43 bits per heavy atom. The number of benzene rings is 2. The van der Waals surface area contributed by atoms with Crippen molar-refractivity contribution in [3.8, 4) is 17.1 Å². The molecule has 1 heterocycles. The Morgan fingerprint density at radius 2 is 1.65 bits per heavy atom. The summed E-state index contributed by atoms with van der Waals surface area (Å²) in [6.45, 7) is 2.04. The third kappa shape index (κ3) is 3.35. The highest BCUT2D eigenvalue weighted by Gasteiger charge is 2.09. The van der Waals surface area contributed by atoms with Gasteiger partial charge in [0.25, 0.3) is 0 Å². The summed E-state index contributed by atoms with van der Waals surface area (Å²) in [6, 6.07) is 14.9. The van der Waals surface area contributed by atoms with Gasteiger partial charge in [0.05, 0.1) is 5.56 Å². The Labute approximate surface area is 134 Å². The lowest BCUT2D eigenvalue weighted by Crippen LogP contribution is -2.02. The maximum absolute atomic E-state index is 9.93. The average molecular weight is 304 g/mol. The molecule has 3 rings (SSSR count). The van der Waals surface area contributed by atoms with Gasteiger partial charge < -0.3 is 10.8 Å². The van der Waals surface area contributed by atoms with Crippen LogP contribution >= 0.6 is 0 Å². The van der Waals surface area contributed by atoms with E-state index in [1.54, 1.807) is 30.3 Å². The molecule has 5 nitrogen and oxygen atoms in total. The van der Waals surface area contributed by atoms with Crippen molar-refractivity contribution in [1.82, 2.24) is 15.0 Å². The number of nitrogen functional groups attached to an aromatic ring is 1. The minimum atomic E-state index is 0.104. The molecule has 0 bridgehead atoms. The van der Waals surface area contributed by atoms with Crippen LogP contribution < -0.4 is 5.73 Å². The highest BCUT2D eigenvalue weighted by Crippen LogP contribution is 2.26. The zero-order chi connectivity index (χ0) is 16.2. The van der Waals surface area contributed by atoms with E-state index >= 15 is 0 Å². The molecule has 0 amide bonds. The van der Waals surface area contributed by atoms with Gasteiger partial charge in [-0.2, -0.15) is 9.97 Å². The Kier molecular flexibility index (Phi) is 4.01. The average Bonchev–Trinajstić information content (AvgIpc) is 2.54. The molecule has 0 spiro atoms. The van der Waals surface area contributed by atoms with E-state index in [1.165, 1.54) is 0 Å². The molecule has 0 unspecified atom stereocenters. The SMILES string of the molecule is Cc1ccccc1/C=C/c1nc(N)nc(-c2ccccc2O)n1. The molecule has 114 valence electrons. The number of aromatic hydroxyl groups is 1. The van der Waals surface area contributed by atoms with Gasteiger partial charge in [-0.15, -0.1) is 0 Å². The Balaban J connectivity index is 1.99. The monoisotopic (exact) mass is 304 g/mol. The normalized spacial score (nSPS) is 11.0. The first-order valence-corrected chi connectivity index (χ1v) is 7.17. The molecule has 0 saturated carbocycles. The topological polar surface area (TPSA) is 84.9 Å². The van der Waals surface area contributed by atoms with Crippen molar-refractivity contribution in [1.29, 1.82) is 0 Å². The standard InChI is InChI=1S/C18H16N4O/c1-12-6-2-3-7-13(12)10-11-16-20-17(22-18(19)21-16)14-8-4-5-9-15(14)23/h2-11,23H,1H3,(H2,19,20,21,22)/b11-10+. The summed E-state index contributed by atoms with van der Waals surface area (Å²) < 4.78 is 0. The lowest BCUT2D eigenvalue weighted by molar-refractivity contribution is 0.477. The summed E-state index contributed by atoms with van der Waals surface area (Å²) in [5.41, 5.74) is 8.53. The zero-order valence-electron chi connectivity index (χ0n) is 12.6. The van der Waals surface area contributed by atoms with Crippen LogP contribution in [0.2, 0.25) is 0 Å². The zero-order valence-corrected chi connectivity index (χ0v) is 12.6. The highest BCUT2D eigenvalue weighted by molar-refractivity contribution is 5.70. The van der Waals surface area contributed by atoms with Crippen LogP contribution in [0.25, 0.3) is 23.5 Å². The Morgan fingerprint density at radius 1 is 0.913 bits per heavy atom. The van der Waals surface area contributed by atoms with E-state index < -0.39 is 0 Å². The van der Waals surface area contributed by atoms with Crippen LogP contribution in [0.3, 0.4) is 0 Å². The van der Waals surface area contributed by atoms with Gasteiger partial charge in [-0.05, 0) is 36.3 Å². The first kappa shape index (κ1) is 14.7. The van der Waals surface area contributed by atoms with Gasteiger partial charge in [0.15, 0.2) is 11.6 Å². The van der Waals surface area contributed by atoms with Crippen molar-refractivity contribution in [2.75, 3.05) is 5.73 Å². The van der Waals surface area contributed by atoms with Crippen molar-refractivity contribution in [3.05, 3.63) is 65.5 Å². The Bertz CT molecular complexity index is 874. The van der Waals surface area contributed by atoms with Gasteiger partial charge in [0.2, 0.25) is 5.95 Å². The summed E-state index contributed by atoms with van der Waals surface area (Å²) in [6.07, 6.45) is 3.71. The van der Waals surface area contributed by atoms with Crippen LogP contribution in [0.15, 0.2) is 48.5 Å². The van der Waals surface area contributed by atoms with Crippen LogP contribution in [0.4, 0.5) is 5.95 Å². The molecule has 3 N–H and O–H groups in total. The quantitative estimate of drug-likeness (QED) is 0.775. The third-order valence-corrected chi connectivity index (χ3v) is 3.42. The highest BCUT2D eigenvalue weighted by atomic mass is 16.3. The fraction of sp³-hybridized carbons (Fsp3) is 0.0556. The number of aryl methyl sites for hydroxylation is 1. The summed E-state index contributed by atoms with van der Waals surface area (Å²) in [5, 5.41) is 9.93. The van der Waals surface area contributed by atoms with Crippen LogP contribution in [0.5, 0.6) is 5.75 Å². The Hall–Kier alpha value is -3.21. The lowest BCUT2D eigenvalue weighted by Gasteiger charge is -2.04. The van der Waals surface area contributed by atoms with E-state index in [-0.39, 0.29) is 11.7 Å². The number of aromatic nitrogens is 3. The summed E-state index contributed by atoms with van der Waals surface area (Å²) in [7, 11) is 0. The molecular formula is C18H16N4O. The lowest BCUT2D eigenvalue weighted by atomic mass is 10.1. The summed E-state index contributed by atoms with van der Waals surface area (Å²) in [5.74, 6) is 1.01. The number of rotatable bonds is 3. The second-order valence-corrected chi connectivity index (χ2v) is 5.08. The number of phenolic OH excluding ortho intramolecular Hbond substituents is 1. The number of hydrogen-bond acceptors (Lipinski definition) is 5. The van der Waals surface area contributed by atoms with Crippen LogP contribution in [-0.2, 0) is 0 Å². The van der Waals surface area contributed by atoms with Crippen molar-refractivity contribution in [3.63, 3.8) is 0 Å². The molecular weight excluding hydrogens is 288 g/mol.